The zero-order valence-corrected chi connectivity index (χ0v) is 9.52. The predicted molar refractivity (Wildman–Crippen MR) is 64.0 cm³/mol. The van der Waals surface area contributed by atoms with Crippen LogP contribution in [0.5, 0.6) is 0 Å². The molecule has 16 heavy (non-hydrogen) atoms. The van der Waals surface area contributed by atoms with Crippen LogP contribution in [0.25, 0.3) is 0 Å². The average molecular weight is 240 g/mol. The third kappa shape index (κ3) is 2.47. The number of carbonyl (C=O) groups excluding carboxylic acids is 1. The Morgan fingerprint density at radius 3 is 3.00 bits per heavy atom. The first-order valence-corrected chi connectivity index (χ1v) is 6.26. The molecule has 5 heteroatoms. The summed E-state index contributed by atoms with van der Waals surface area (Å²) in [6, 6.07) is 4.04. The van der Waals surface area contributed by atoms with Crippen LogP contribution in [0.1, 0.15) is 16.8 Å². The lowest BCUT2D eigenvalue weighted by Crippen LogP contribution is -2.35. The molecule has 1 saturated heterocycles. The monoisotopic (exact) mass is 240 g/mol. The minimum atomic E-state index is -0.425. The van der Waals surface area contributed by atoms with Gasteiger partial charge in [0, 0.05) is 17.5 Å². The normalized spacial score (nSPS) is 19.7. The summed E-state index contributed by atoms with van der Waals surface area (Å²) in [4.78, 5) is 11.8. The Balaban J connectivity index is 2.08. The van der Waals surface area contributed by atoms with E-state index in [1.54, 1.807) is 0 Å². The first-order valence-electron chi connectivity index (χ1n) is 5.10. The number of nitrogen functional groups attached to an aromatic ring is 1. The van der Waals surface area contributed by atoms with Crippen molar-refractivity contribution in [3.63, 3.8) is 0 Å². The van der Waals surface area contributed by atoms with Gasteiger partial charge in [0.15, 0.2) is 0 Å². The molecule has 1 heterocycles. The van der Waals surface area contributed by atoms with Gasteiger partial charge in [-0.2, -0.15) is 11.8 Å². The van der Waals surface area contributed by atoms with Crippen molar-refractivity contribution in [2.75, 3.05) is 17.2 Å². The molecule has 1 unspecified atom stereocenters. The zero-order valence-electron chi connectivity index (χ0n) is 8.70. The van der Waals surface area contributed by atoms with Gasteiger partial charge in [0.1, 0.15) is 5.82 Å². The van der Waals surface area contributed by atoms with Crippen molar-refractivity contribution in [3.05, 3.63) is 29.6 Å². The molecule has 3 N–H and O–H groups in total. The van der Waals surface area contributed by atoms with E-state index in [-0.39, 0.29) is 17.6 Å². The fraction of sp³-hybridized carbons (Fsp3) is 0.364. The van der Waals surface area contributed by atoms with E-state index in [1.807, 2.05) is 11.8 Å². The fourth-order valence-corrected chi connectivity index (χ4v) is 2.80. The summed E-state index contributed by atoms with van der Waals surface area (Å²) in [6.07, 6.45) is 0.984. The molecule has 1 aliphatic rings. The molecule has 0 aliphatic carbocycles. The lowest BCUT2D eigenvalue weighted by molar-refractivity contribution is 0.0942. The number of benzene rings is 1. The van der Waals surface area contributed by atoms with Gasteiger partial charge in [-0.05, 0) is 30.4 Å². The van der Waals surface area contributed by atoms with Crippen molar-refractivity contribution in [2.45, 2.75) is 12.5 Å². The highest BCUT2D eigenvalue weighted by molar-refractivity contribution is 7.99. The Kier molecular flexibility index (Phi) is 3.33. The lowest BCUT2D eigenvalue weighted by atomic mass is 10.1. The van der Waals surface area contributed by atoms with Crippen LogP contribution < -0.4 is 11.1 Å². The maximum atomic E-state index is 12.8. The molecule has 1 atom stereocenters. The van der Waals surface area contributed by atoms with Gasteiger partial charge >= 0.3 is 0 Å². The van der Waals surface area contributed by atoms with E-state index >= 15 is 0 Å². The summed E-state index contributed by atoms with van der Waals surface area (Å²) in [6.45, 7) is 0. The first kappa shape index (κ1) is 11.3. The molecular weight excluding hydrogens is 227 g/mol. The second-order valence-corrected chi connectivity index (χ2v) is 4.92. The van der Waals surface area contributed by atoms with Crippen LogP contribution in [-0.4, -0.2) is 23.5 Å². The van der Waals surface area contributed by atoms with Gasteiger partial charge in [-0.3, -0.25) is 4.79 Å². The largest absolute Gasteiger partial charge is 0.398 e. The van der Waals surface area contributed by atoms with E-state index in [0.717, 1.165) is 24.0 Å². The Morgan fingerprint density at radius 2 is 2.38 bits per heavy atom. The SMILES string of the molecule is Nc1cc(F)ccc1C(=O)NC1CCSC1. The Bertz CT molecular complexity index is 405. The van der Waals surface area contributed by atoms with Crippen molar-refractivity contribution in [3.8, 4) is 0 Å². The number of hydrogen-bond acceptors (Lipinski definition) is 3. The molecule has 0 saturated carbocycles. The van der Waals surface area contributed by atoms with E-state index in [9.17, 15) is 9.18 Å². The lowest BCUT2D eigenvalue weighted by Gasteiger charge is -2.12. The van der Waals surface area contributed by atoms with E-state index in [4.69, 9.17) is 5.73 Å². The molecule has 1 aliphatic heterocycles. The second kappa shape index (κ2) is 4.74. The van der Waals surface area contributed by atoms with Gasteiger partial charge in [-0.25, -0.2) is 4.39 Å². The maximum absolute atomic E-state index is 12.8. The van der Waals surface area contributed by atoms with Gasteiger partial charge in [0.05, 0.1) is 5.56 Å². The number of rotatable bonds is 2. The van der Waals surface area contributed by atoms with E-state index in [0.29, 0.717) is 5.56 Å². The smallest absolute Gasteiger partial charge is 0.253 e. The molecule has 0 radical (unpaired) electrons. The third-order valence-corrected chi connectivity index (χ3v) is 3.69. The van der Waals surface area contributed by atoms with Crippen molar-refractivity contribution >= 4 is 23.4 Å². The molecule has 86 valence electrons. The van der Waals surface area contributed by atoms with Crippen LogP contribution in [0.15, 0.2) is 18.2 Å². The third-order valence-electron chi connectivity index (χ3n) is 2.52. The Labute approximate surface area is 97.6 Å². The zero-order chi connectivity index (χ0) is 11.5. The molecular formula is C11H13FN2OS. The molecule has 2 rings (SSSR count). The molecule has 1 fully saturated rings. The van der Waals surface area contributed by atoms with Gasteiger partial charge in [-0.15, -0.1) is 0 Å². The molecule has 0 spiro atoms. The number of thioether (sulfide) groups is 1. The number of anilines is 1. The van der Waals surface area contributed by atoms with Crippen LogP contribution >= 0.6 is 11.8 Å². The first-order chi connectivity index (χ1) is 7.66. The fourth-order valence-electron chi connectivity index (χ4n) is 1.65. The summed E-state index contributed by atoms with van der Waals surface area (Å²) in [5, 5.41) is 2.89. The van der Waals surface area contributed by atoms with Crippen LogP contribution in [0.3, 0.4) is 0 Å². The summed E-state index contributed by atoms with van der Waals surface area (Å²) in [7, 11) is 0. The Hall–Kier alpha value is -1.23. The molecule has 1 aromatic rings. The van der Waals surface area contributed by atoms with Gasteiger partial charge in [0.2, 0.25) is 0 Å². The van der Waals surface area contributed by atoms with Gasteiger partial charge in [-0.1, -0.05) is 0 Å². The maximum Gasteiger partial charge on any atom is 0.253 e. The quantitative estimate of drug-likeness (QED) is 0.773. The van der Waals surface area contributed by atoms with Crippen LogP contribution in [0, 0.1) is 5.82 Å². The molecule has 3 nitrogen and oxygen atoms in total. The number of halogens is 1. The standard InChI is InChI=1S/C11H13FN2OS/c12-7-1-2-9(10(13)5-7)11(15)14-8-3-4-16-6-8/h1-2,5,8H,3-4,6,13H2,(H,14,15). The predicted octanol–water partition coefficient (Wildman–Crippen LogP) is 1.64. The number of nitrogens with two attached hydrogens (primary N) is 1. The van der Waals surface area contributed by atoms with Crippen molar-refractivity contribution in [2.24, 2.45) is 0 Å². The average Bonchev–Trinajstić information content (AvgIpc) is 2.70. The van der Waals surface area contributed by atoms with E-state index in [1.165, 1.54) is 12.1 Å². The van der Waals surface area contributed by atoms with Crippen LogP contribution in [-0.2, 0) is 0 Å². The highest BCUT2D eigenvalue weighted by atomic mass is 32.2. The minimum absolute atomic E-state index is 0.183. The number of nitrogens with one attached hydrogen (secondary N) is 1. The van der Waals surface area contributed by atoms with E-state index < -0.39 is 5.82 Å². The molecule has 1 amide bonds. The Morgan fingerprint density at radius 1 is 1.56 bits per heavy atom. The number of hydrogen-bond donors (Lipinski definition) is 2. The molecule has 0 bridgehead atoms. The topological polar surface area (TPSA) is 55.1 Å². The van der Waals surface area contributed by atoms with Crippen molar-refractivity contribution < 1.29 is 9.18 Å². The number of carbonyl (C=O) groups is 1. The summed E-state index contributed by atoms with van der Waals surface area (Å²) >= 11 is 1.82. The summed E-state index contributed by atoms with van der Waals surface area (Å²) in [5.41, 5.74) is 6.12. The van der Waals surface area contributed by atoms with E-state index in [2.05, 4.69) is 5.32 Å². The minimum Gasteiger partial charge on any atom is -0.398 e. The van der Waals surface area contributed by atoms with Crippen LogP contribution in [0.2, 0.25) is 0 Å². The highest BCUT2D eigenvalue weighted by Gasteiger charge is 2.19. The second-order valence-electron chi connectivity index (χ2n) is 3.77. The molecule has 0 aromatic heterocycles. The summed E-state index contributed by atoms with van der Waals surface area (Å²) < 4.78 is 12.8. The van der Waals surface area contributed by atoms with Crippen molar-refractivity contribution in [1.29, 1.82) is 0 Å². The molecule has 1 aromatic carbocycles. The van der Waals surface area contributed by atoms with Crippen LogP contribution in [0.4, 0.5) is 10.1 Å². The number of amides is 1. The van der Waals surface area contributed by atoms with Gasteiger partial charge in [0.25, 0.3) is 5.91 Å². The summed E-state index contributed by atoms with van der Waals surface area (Å²) in [5.74, 6) is 1.37. The highest BCUT2D eigenvalue weighted by Crippen LogP contribution is 2.19. The van der Waals surface area contributed by atoms with Gasteiger partial charge < -0.3 is 11.1 Å². The van der Waals surface area contributed by atoms with Crippen molar-refractivity contribution in [1.82, 2.24) is 5.32 Å².